The zero-order chi connectivity index (χ0) is 34.9. The molecule has 264 valence electrons. The Morgan fingerprint density at radius 3 is 1.27 bits per heavy atom. The molecule has 0 bridgehead atoms. The van der Waals surface area contributed by atoms with Crippen molar-refractivity contribution in [2.75, 3.05) is 18.1 Å². The highest BCUT2D eigenvalue weighted by molar-refractivity contribution is 8.72. The van der Waals surface area contributed by atoms with Gasteiger partial charge in [-0.15, -0.1) is 0 Å². The van der Waals surface area contributed by atoms with Gasteiger partial charge in [0, 0.05) is 28.7 Å². The van der Waals surface area contributed by atoms with Crippen molar-refractivity contribution in [3.8, 4) is 0 Å². The molecule has 0 spiro atoms. The topological polar surface area (TPSA) is 122 Å². The molecule has 1 fully saturated rings. The van der Waals surface area contributed by atoms with E-state index in [1.54, 1.807) is 24.3 Å². The van der Waals surface area contributed by atoms with Gasteiger partial charge in [-0.05, 0) is 70.0 Å². The summed E-state index contributed by atoms with van der Waals surface area (Å²) in [5, 5.41) is 0. The summed E-state index contributed by atoms with van der Waals surface area (Å²) in [6.45, 7) is 5.81. The Kier molecular flexibility index (Phi) is 14.2. The highest BCUT2D eigenvalue weighted by atomic mass is 33.1. The smallest absolute Gasteiger partial charge is 0.319 e. The van der Waals surface area contributed by atoms with Gasteiger partial charge in [0.25, 0.3) is 0 Å². The van der Waals surface area contributed by atoms with Crippen LogP contribution in [-0.2, 0) is 71.5 Å². The van der Waals surface area contributed by atoms with Crippen molar-refractivity contribution in [1.29, 1.82) is 0 Å². The minimum Gasteiger partial charge on any atom is -0.416 e. The molecule has 1 aliphatic rings. The fraction of sp³-hybridized carbons (Fsp3) is 0.400. The number of benzene rings is 3. The third-order valence-electron chi connectivity index (χ3n) is 7.31. The van der Waals surface area contributed by atoms with E-state index in [1.807, 2.05) is 86.4 Å². The first-order chi connectivity index (χ1) is 22.5. The first-order valence-corrected chi connectivity index (χ1v) is 31.8. The van der Waals surface area contributed by atoms with Gasteiger partial charge in [-0.2, -0.15) is 0 Å². The Labute approximate surface area is 301 Å². The summed E-state index contributed by atoms with van der Waals surface area (Å²) in [5.41, 5.74) is 2.26. The van der Waals surface area contributed by atoms with E-state index < -0.39 is 52.2 Å². The molecule has 9 nitrogen and oxygen atoms in total. The van der Waals surface area contributed by atoms with E-state index in [0.29, 0.717) is 18.1 Å². The standard InChI is InChI=1S/C30H42O9S6Si3/c1-46(22-19-36-45(35,40)27-30-17-11-6-12-18-30)37-47(2,23-20-41-43(31,32)25-28-13-7-4-8-14-28)39-48(3,38-46)24-21-42-44(33,34)26-29-15-9-5-10-16-29/h4-18H,19-27H2,1-3H3. The maximum absolute atomic E-state index is 13.1. The monoisotopic (exact) mass is 822 g/mol. The molecule has 1 saturated heterocycles. The minimum atomic E-state index is -3.45. The van der Waals surface area contributed by atoms with Crippen LogP contribution in [0.15, 0.2) is 91.0 Å². The molecule has 3 aromatic rings. The van der Waals surface area contributed by atoms with Gasteiger partial charge in [-0.3, -0.25) is 4.18 Å². The zero-order valence-electron chi connectivity index (χ0n) is 27.1. The average molecular weight is 823 g/mol. The predicted molar refractivity (Wildman–Crippen MR) is 207 cm³/mol. The average Bonchev–Trinajstić information content (AvgIpc) is 2.96. The molecule has 0 aromatic heterocycles. The molecule has 1 heterocycles. The second-order valence-corrected chi connectivity index (χ2v) is 34.5. The minimum absolute atomic E-state index is 0.0628. The number of hydrogen-bond donors (Lipinski definition) is 0. The van der Waals surface area contributed by atoms with E-state index in [1.165, 1.54) is 0 Å². The van der Waals surface area contributed by atoms with Gasteiger partial charge in [0.1, 0.15) is 8.77 Å². The molecule has 3 aromatic carbocycles. The van der Waals surface area contributed by atoms with Crippen LogP contribution in [-0.4, -0.2) is 64.8 Å². The van der Waals surface area contributed by atoms with Crippen LogP contribution >= 0.6 is 21.6 Å². The van der Waals surface area contributed by atoms with Gasteiger partial charge in [0.15, 0.2) is 0 Å². The fourth-order valence-electron chi connectivity index (χ4n) is 5.26. The van der Waals surface area contributed by atoms with Crippen molar-refractivity contribution in [2.24, 2.45) is 0 Å². The Balaban J connectivity index is 1.42. The lowest BCUT2D eigenvalue weighted by Gasteiger charge is -2.50. The molecule has 4 rings (SSSR count). The molecule has 0 radical (unpaired) electrons. The van der Waals surface area contributed by atoms with Crippen molar-refractivity contribution in [3.05, 3.63) is 108 Å². The van der Waals surface area contributed by atoms with Gasteiger partial charge in [-0.1, -0.05) is 91.0 Å². The van der Waals surface area contributed by atoms with Crippen LogP contribution in [0.2, 0.25) is 37.8 Å². The van der Waals surface area contributed by atoms with Gasteiger partial charge in [0.2, 0.25) is 17.7 Å². The molecule has 3 unspecified atom stereocenters. The summed E-state index contributed by atoms with van der Waals surface area (Å²) >= 11 is 5.31. The summed E-state index contributed by atoms with van der Waals surface area (Å²) in [5.74, 6) is 0.515. The molecule has 18 heteroatoms. The highest BCUT2D eigenvalue weighted by Gasteiger charge is 2.56. The van der Waals surface area contributed by atoms with Crippen LogP contribution in [0, 0.1) is 0 Å². The first kappa shape index (κ1) is 39.9. The molecule has 0 amide bonds. The lowest BCUT2D eigenvalue weighted by Crippen LogP contribution is -2.67. The van der Waals surface area contributed by atoms with Crippen molar-refractivity contribution in [1.82, 2.24) is 0 Å². The molecule has 48 heavy (non-hydrogen) atoms. The maximum Gasteiger partial charge on any atom is 0.319 e. The second kappa shape index (κ2) is 17.1. The number of rotatable bonds is 18. The third-order valence-corrected chi connectivity index (χ3v) is 30.4. The predicted octanol–water partition coefficient (Wildman–Crippen LogP) is 6.67. The molecule has 0 aliphatic carbocycles. The zero-order valence-corrected chi connectivity index (χ0v) is 35.0. The summed E-state index contributed by atoms with van der Waals surface area (Å²) in [6, 6.07) is 28.5. The van der Waals surface area contributed by atoms with E-state index >= 15 is 0 Å². The van der Waals surface area contributed by atoms with Crippen LogP contribution in [0.3, 0.4) is 0 Å². The summed E-state index contributed by atoms with van der Waals surface area (Å²) < 4.78 is 90.5. The molecule has 1 aliphatic heterocycles. The van der Waals surface area contributed by atoms with Crippen LogP contribution in [0.5, 0.6) is 0 Å². The van der Waals surface area contributed by atoms with Crippen LogP contribution in [0.25, 0.3) is 0 Å². The quantitative estimate of drug-likeness (QED) is 0.101. The van der Waals surface area contributed by atoms with Crippen molar-refractivity contribution in [3.63, 3.8) is 0 Å². The fourth-order valence-corrected chi connectivity index (χ4v) is 32.4. The van der Waals surface area contributed by atoms with Crippen LogP contribution in [0.1, 0.15) is 16.7 Å². The van der Waals surface area contributed by atoms with Gasteiger partial charge < -0.3 is 12.3 Å². The van der Waals surface area contributed by atoms with Gasteiger partial charge in [-0.25, -0.2) is 21.0 Å². The van der Waals surface area contributed by atoms with Gasteiger partial charge in [0.05, 0.1) is 23.9 Å². The summed E-state index contributed by atoms with van der Waals surface area (Å²) in [7, 11) is -17.2. The summed E-state index contributed by atoms with van der Waals surface area (Å²) in [4.78, 5) is 0. The van der Waals surface area contributed by atoms with E-state index in [2.05, 4.69) is 0 Å². The molecular formula is C30H42O9S6Si3. The molecule has 0 saturated carbocycles. The third kappa shape index (κ3) is 13.7. The SMILES string of the molecule is C[Si]1(CCOS(=O)(=S)Cc2ccccc2)O[Si](C)(CCSS(=O)(=O)Cc2ccccc2)O[Si](C)(CCSS(=O)(=O)Cc2ccccc2)O1. The lowest BCUT2D eigenvalue weighted by atomic mass is 10.2. The highest BCUT2D eigenvalue weighted by Crippen LogP contribution is 2.39. The second-order valence-electron chi connectivity index (χ2n) is 12.0. The van der Waals surface area contributed by atoms with Crippen molar-refractivity contribution >= 4 is 85.0 Å². The Morgan fingerprint density at radius 1 is 0.562 bits per heavy atom. The normalized spacial score (nSPS) is 24.6. The van der Waals surface area contributed by atoms with E-state index in [9.17, 15) is 21.0 Å². The van der Waals surface area contributed by atoms with Crippen molar-refractivity contribution < 1.29 is 37.6 Å². The Morgan fingerprint density at radius 2 is 0.896 bits per heavy atom. The largest absolute Gasteiger partial charge is 0.416 e. The van der Waals surface area contributed by atoms with Crippen LogP contribution in [0.4, 0.5) is 0 Å². The van der Waals surface area contributed by atoms with Gasteiger partial charge >= 0.3 is 25.7 Å². The first-order valence-electron chi connectivity index (χ1n) is 15.3. The van der Waals surface area contributed by atoms with E-state index in [4.69, 9.17) is 27.7 Å². The molecule has 3 atom stereocenters. The molecular weight excluding hydrogens is 781 g/mol. The Hall–Kier alpha value is -0.879. The van der Waals surface area contributed by atoms with Crippen molar-refractivity contribution in [2.45, 2.75) is 55.0 Å². The molecule has 0 N–H and O–H groups in total. The Bertz CT molecular complexity index is 1580. The maximum atomic E-state index is 13.1. The van der Waals surface area contributed by atoms with Crippen LogP contribution < -0.4 is 0 Å². The van der Waals surface area contributed by atoms with E-state index in [0.717, 1.165) is 38.3 Å². The number of hydrogen-bond acceptors (Lipinski definition) is 12. The summed E-state index contributed by atoms with van der Waals surface area (Å²) in [6.07, 6.45) is 0. The van der Waals surface area contributed by atoms with E-state index in [-0.39, 0.29) is 35.4 Å². The lowest BCUT2D eigenvalue weighted by molar-refractivity contribution is 0.218.